The largest absolute Gasteiger partial charge is 0.295 e. The van der Waals surface area contributed by atoms with Crippen LogP contribution in [0.25, 0.3) is 10.9 Å². The number of carbonyl (C=O) groups is 2. The normalized spacial score (nSPS) is 18.5. The third kappa shape index (κ3) is 2.21. The van der Waals surface area contributed by atoms with E-state index < -0.39 is 5.54 Å². The molecule has 1 aromatic carbocycles. The molecule has 21 heavy (non-hydrogen) atoms. The van der Waals surface area contributed by atoms with Gasteiger partial charge in [0.1, 0.15) is 0 Å². The van der Waals surface area contributed by atoms with Crippen molar-refractivity contribution in [3.8, 4) is 0 Å². The SMILES string of the molecule is Cn1nc(CN2C(=O)CNC(C)(C)C2=O)c2ccccc21. The molecule has 0 bridgehead atoms. The maximum Gasteiger partial charge on any atom is 0.249 e. The molecule has 0 atom stereocenters. The number of hydrogen-bond acceptors (Lipinski definition) is 4. The third-order valence-electron chi connectivity index (χ3n) is 3.90. The van der Waals surface area contributed by atoms with Gasteiger partial charge in [0.05, 0.1) is 29.8 Å². The van der Waals surface area contributed by atoms with E-state index in [1.165, 1.54) is 4.90 Å². The summed E-state index contributed by atoms with van der Waals surface area (Å²) in [6, 6.07) is 7.80. The van der Waals surface area contributed by atoms with Crippen molar-refractivity contribution in [1.82, 2.24) is 20.0 Å². The van der Waals surface area contributed by atoms with E-state index >= 15 is 0 Å². The average Bonchev–Trinajstić information content (AvgIpc) is 2.77. The van der Waals surface area contributed by atoms with Crippen LogP contribution in [-0.2, 0) is 23.2 Å². The van der Waals surface area contributed by atoms with Crippen molar-refractivity contribution in [3.05, 3.63) is 30.0 Å². The fourth-order valence-electron chi connectivity index (χ4n) is 2.63. The summed E-state index contributed by atoms with van der Waals surface area (Å²) in [6.07, 6.45) is 0. The highest BCUT2D eigenvalue weighted by atomic mass is 16.2. The van der Waals surface area contributed by atoms with Crippen LogP contribution in [0.15, 0.2) is 24.3 Å². The van der Waals surface area contributed by atoms with Gasteiger partial charge in [0.25, 0.3) is 0 Å². The first-order valence-electron chi connectivity index (χ1n) is 6.90. The molecule has 6 nitrogen and oxygen atoms in total. The lowest BCUT2D eigenvalue weighted by molar-refractivity contribution is -0.153. The maximum atomic E-state index is 12.4. The predicted molar refractivity (Wildman–Crippen MR) is 78.4 cm³/mol. The Kier molecular flexibility index (Phi) is 3.06. The number of carbonyl (C=O) groups excluding carboxylic acids is 2. The Morgan fingerprint density at radius 3 is 2.76 bits per heavy atom. The van der Waals surface area contributed by atoms with Crippen LogP contribution in [0.5, 0.6) is 0 Å². The zero-order valence-electron chi connectivity index (χ0n) is 12.4. The Balaban J connectivity index is 1.98. The number of rotatable bonds is 2. The van der Waals surface area contributed by atoms with Gasteiger partial charge in [-0.25, -0.2) is 0 Å². The molecule has 2 heterocycles. The van der Waals surface area contributed by atoms with Crippen LogP contribution in [0.1, 0.15) is 19.5 Å². The molecule has 0 spiro atoms. The molecule has 2 aromatic rings. The summed E-state index contributed by atoms with van der Waals surface area (Å²) in [7, 11) is 1.86. The van der Waals surface area contributed by atoms with E-state index in [0.717, 1.165) is 16.6 Å². The first kappa shape index (κ1) is 13.8. The number of piperazine rings is 1. The first-order valence-corrected chi connectivity index (χ1v) is 6.90. The molecule has 1 N–H and O–H groups in total. The lowest BCUT2D eigenvalue weighted by atomic mass is 10.0. The molecule has 1 fully saturated rings. The second-order valence-electron chi connectivity index (χ2n) is 5.85. The molecule has 1 aliphatic heterocycles. The van der Waals surface area contributed by atoms with E-state index in [2.05, 4.69) is 10.4 Å². The van der Waals surface area contributed by atoms with E-state index in [1.54, 1.807) is 18.5 Å². The molecule has 0 unspecified atom stereocenters. The highest BCUT2D eigenvalue weighted by Crippen LogP contribution is 2.21. The second-order valence-corrected chi connectivity index (χ2v) is 5.85. The molecule has 3 rings (SSSR count). The van der Waals surface area contributed by atoms with E-state index in [-0.39, 0.29) is 24.9 Å². The van der Waals surface area contributed by atoms with Gasteiger partial charge >= 0.3 is 0 Å². The van der Waals surface area contributed by atoms with E-state index in [0.29, 0.717) is 0 Å². The van der Waals surface area contributed by atoms with Crippen LogP contribution in [0.4, 0.5) is 0 Å². The third-order valence-corrected chi connectivity index (χ3v) is 3.90. The van der Waals surface area contributed by atoms with Gasteiger partial charge in [-0.15, -0.1) is 0 Å². The van der Waals surface area contributed by atoms with Gasteiger partial charge in [-0.2, -0.15) is 5.10 Å². The molecule has 2 amide bonds. The summed E-state index contributed by atoms with van der Waals surface area (Å²) in [5, 5.41) is 8.37. The molecular formula is C15H18N4O2. The van der Waals surface area contributed by atoms with Crippen molar-refractivity contribution in [1.29, 1.82) is 0 Å². The molecule has 0 saturated carbocycles. The number of nitrogens with one attached hydrogen (secondary N) is 1. The van der Waals surface area contributed by atoms with Gasteiger partial charge in [-0.3, -0.25) is 24.5 Å². The number of benzene rings is 1. The van der Waals surface area contributed by atoms with Crippen LogP contribution in [0.3, 0.4) is 0 Å². The highest BCUT2D eigenvalue weighted by molar-refractivity contribution is 6.03. The van der Waals surface area contributed by atoms with E-state index in [1.807, 2.05) is 31.3 Å². The van der Waals surface area contributed by atoms with Gasteiger partial charge in [0.2, 0.25) is 11.8 Å². The summed E-state index contributed by atoms with van der Waals surface area (Å²) in [5.41, 5.74) is 1.01. The summed E-state index contributed by atoms with van der Waals surface area (Å²) in [6.45, 7) is 3.95. The smallest absolute Gasteiger partial charge is 0.249 e. The van der Waals surface area contributed by atoms with Crippen molar-refractivity contribution in [2.45, 2.75) is 25.9 Å². The van der Waals surface area contributed by atoms with Crippen LogP contribution >= 0.6 is 0 Å². The Morgan fingerprint density at radius 1 is 1.29 bits per heavy atom. The topological polar surface area (TPSA) is 67.2 Å². The summed E-state index contributed by atoms with van der Waals surface area (Å²) in [4.78, 5) is 25.8. The standard InChI is InChI=1S/C15H18N4O2/c1-15(2)14(21)19(13(20)8-16-15)9-11-10-6-4-5-7-12(10)18(3)17-11/h4-7,16H,8-9H2,1-3H3. The van der Waals surface area contributed by atoms with Crippen molar-refractivity contribution < 1.29 is 9.59 Å². The monoisotopic (exact) mass is 286 g/mol. The number of hydrogen-bond donors (Lipinski definition) is 1. The minimum Gasteiger partial charge on any atom is -0.295 e. The molecule has 1 saturated heterocycles. The zero-order chi connectivity index (χ0) is 15.2. The molecule has 110 valence electrons. The molecule has 1 aromatic heterocycles. The van der Waals surface area contributed by atoms with Gasteiger partial charge in [0.15, 0.2) is 0 Å². The second kappa shape index (κ2) is 4.66. The van der Waals surface area contributed by atoms with Crippen LogP contribution in [0.2, 0.25) is 0 Å². The molecule has 1 aliphatic rings. The van der Waals surface area contributed by atoms with Gasteiger partial charge in [-0.05, 0) is 19.9 Å². The summed E-state index contributed by atoms with van der Waals surface area (Å²) in [5.74, 6) is -0.428. The first-order chi connectivity index (χ1) is 9.90. The van der Waals surface area contributed by atoms with Gasteiger partial charge in [0, 0.05) is 12.4 Å². The zero-order valence-corrected chi connectivity index (χ0v) is 12.4. The van der Waals surface area contributed by atoms with Gasteiger partial charge < -0.3 is 0 Å². The fraction of sp³-hybridized carbons (Fsp3) is 0.400. The number of para-hydroxylation sites is 1. The minimum absolute atomic E-state index is 0.170. The minimum atomic E-state index is -0.724. The van der Waals surface area contributed by atoms with Crippen molar-refractivity contribution >= 4 is 22.7 Å². The quantitative estimate of drug-likeness (QED) is 0.830. The number of aromatic nitrogens is 2. The van der Waals surface area contributed by atoms with Crippen molar-refractivity contribution in [2.24, 2.45) is 7.05 Å². The number of aryl methyl sites for hydroxylation is 1. The van der Waals surface area contributed by atoms with E-state index in [9.17, 15) is 9.59 Å². The average molecular weight is 286 g/mol. The number of imide groups is 1. The Morgan fingerprint density at radius 2 is 2.00 bits per heavy atom. The lowest BCUT2D eigenvalue weighted by Crippen LogP contribution is -2.63. The molecular weight excluding hydrogens is 268 g/mol. The van der Waals surface area contributed by atoms with Gasteiger partial charge in [-0.1, -0.05) is 18.2 Å². The van der Waals surface area contributed by atoms with Crippen molar-refractivity contribution in [3.63, 3.8) is 0 Å². The highest BCUT2D eigenvalue weighted by Gasteiger charge is 2.40. The van der Waals surface area contributed by atoms with Crippen molar-refractivity contribution in [2.75, 3.05) is 6.54 Å². The number of nitrogens with zero attached hydrogens (tertiary/aromatic N) is 3. The maximum absolute atomic E-state index is 12.4. The lowest BCUT2D eigenvalue weighted by Gasteiger charge is -2.36. The van der Waals surface area contributed by atoms with Crippen LogP contribution in [0, 0.1) is 0 Å². The van der Waals surface area contributed by atoms with Crippen LogP contribution < -0.4 is 5.32 Å². The van der Waals surface area contributed by atoms with Crippen LogP contribution in [-0.4, -0.2) is 38.6 Å². The number of fused-ring (bicyclic) bond motifs is 1. The molecule has 0 aliphatic carbocycles. The predicted octanol–water partition coefficient (Wildman–Crippen LogP) is 0.810. The summed E-state index contributed by atoms with van der Waals surface area (Å²) < 4.78 is 1.77. The Labute approximate surface area is 122 Å². The Bertz CT molecular complexity index is 732. The molecule has 0 radical (unpaired) electrons. The fourth-order valence-corrected chi connectivity index (χ4v) is 2.63. The van der Waals surface area contributed by atoms with E-state index in [4.69, 9.17) is 0 Å². The summed E-state index contributed by atoms with van der Waals surface area (Å²) >= 11 is 0. The molecule has 6 heteroatoms. The Hall–Kier alpha value is -2.21. The number of amides is 2.